The van der Waals surface area contributed by atoms with Gasteiger partial charge in [0.2, 0.25) is 0 Å². The minimum atomic E-state index is -0.567. The average Bonchev–Trinajstić information content (AvgIpc) is 2.87. The first kappa shape index (κ1) is 20.1. The van der Waals surface area contributed by atoms with E-state index >= 15 is 0 Å². The van der Waals surface area contributed by atoms with E-state index in [1.807, 2.05) is 39.8 Å². The molecule has 0 atom stereocenters. The van der Waals surface area contributed by atoms with Crippen LogP contribution in [0, 0.1) is 26.7 Å². The van der Waals surface area contributed by atoms with Gasteiger partial charge in [-0.3, -0.25) is 4.68 Å². The Kier molecular flexibility index (Phi) is 5.61. The second-order valence-electron chi connectivity index (χ2n) is 7.43. The minimum absolute atomic E-state index is 0.0609. The maximum absolute atomic E-state index is 12.6. The summed E-state index contributed by atoms with van der Waals surface area (Å²) in [5, 5.41) is 5.34. The Morgan fingerprint density at radius 2 is 1.89 bits per heavy atom. The zero-order valence-corrected chi connectivity index (χ0v) is 17.4. The maximum Gasteiger partial charge on any atom is 0.343 e. The first-order valence-corrected chi connectivity index (χ1v) is 9.49. The lowest BCUT2D eigenvalue weighted by atomic mass is 10.0. The van der Waals surface area contributed by atoms with Crippen molar-refractivity contribution in [3.8, 4) is 0 Å². The SMILES string of the molecule is Cc1cc2oc(=O)cc(COC(=O)c3c(C)nn(CC(C)C)c3Cl)c2cc1C. The van der Waals surface area contributed by atoms with E-state index in [0.717, 1.165) is 16.5 Å². The van der Waals surface area contributed by atoms with E-state index < -0.39 is 11.6 Å². The van der Waals surface area contributed by atoms with Crippen LogP contribution >= 0.6 is 11.6 Å². The molecule has 3 rings (SSSR count). The maximum atomic E-state index is 12.6. The molecule has 148 valence electrons. The fraction of sp³-hybridized carbons (Fsp3) is 0.381. The fourth-order valence-corrected chi connectivity index (χ4v) is 3.39. The Morgan fingerprint density at radius 3 is 2.57 bits per heavy atom. The normalized spacial score (nSPS) is 11.4. The number of nitrogens with zero attached hydrogens (tertiary/aromatic N) is 2. The van der Waals surface area contributed by atoms with E-state index in [2.05, 4.69) is 5.10 Å². The Morgan fingerprint density at radius 1 is 1.21 bits per heavy atom. The number of carbonyl (C=O) groups is 1. The zero-order chi connectivity index (χ0) is 20.6. The third-order valence-corrected chi connectivity index (χ3v) is 4.99. The average molecular weight is 403 g/mol. The molecule has 0 saturated carbocycles. The van der Waals surface area contributed by atoms with Gasteiger partial charge >= 0.3 is 11.6 Å². The summed E-state index contributed by atoms with van der Waals surface area (Å²) in [4.78, 5) is 24.5. The number of fused-ring (bicyclic) bond motifs is 1. The molecule has 28 heavy (non-hydrogen) atoms. The van der Waals surface area contributed by atoms with Gasteiger partial charge in [0.15, 0.2) is 0 Å². The van der Waals surface area contributed by atoms with Crippen LogP contribution in [0.25, 0.3) is 11.0 Å². The lowest BCUT2D eigenvalue weighted by Gasteiger charge is -2.09. The monoisotopic (exact) mass is 402 g/mol. The smallest absolute Gasteiger partial charge is 0.343 e. The van der Waals surface area contributed by atoms with Crippen molar-refractivity contribution in [1.82, 2.24) is 9.78 Å². The van der Waals surface area contributed by atoms with Gasteiger partial charge in [-0.15, -0.1) is 0 Å². The Balaban J connectivity index is 1.89. The molecule has 0 saturated heterocycles. The van der Waals surface area contributed by atoms with E-state index in [4.69, 9.17) is 20.8 Å². The topological polar surface area (TPSA) is 74.3 Å². The predicted octanol–water partition coefficient (Wildman–Crippen LogP) is 4.58. The third kappa shape index (κ3) is 3.97. The molecule has 2 heterocycles. The molecule has 7 heteroatoms. The molecule has 0 aliphatic carbocycles. The summed E-state index contributed by atoms with van der Waals surface area (Å²) < 4.78 is 12.4. The van der Waals surface area contributed by atoms with Crippen molar-refractivity contribution < 1.29 is 13.9 Å². The third-order valence-electron chi connectivity index (χ3n) is 4.61. The number of aromatic nitrogens is 2. The number of benzene rings is 1. The standard InChI is InChI=1S/C21H23ClN2O4/c1-11(2)9-24-20(22)19(14(5)23-24)21(26)27-10-15-8-18(25)28-17-7-13(4)12(3)6-16(15)17/h6-8,11H,9-10H2,1-5H3. The summed E-state index contributed by atoms with van der Waals surface area (Å²) in [5.74, 6) is -0.231. The molecule has 0 fully saturated rings. The van der Waals surface area contributed by atoms with Gasteiger partial charge in [-0.05, 0) is 49.9 Å². The van der Waals surface area contributed by atoms with E-state index in [-0.39, 0.29) is 17.3 Å². The van der Waals surface area contributed by atoms with Crippen molar-refractivity contribution in [3.05, 3.63) is 61.7 Å². The summed E-state index contributed by atoms with van der Waals surface area (Å²) in [7, 11) is 0. The molecule has 0 aliphatic rings. The molecule has 0 unspecified atom stereocenters. The fourth-order valence-electron chi connectivity index (χ4n) is 3.07. The summed E-state index contributed by atoms with van der Waals surface area (Å²) in [5.41, 5.74) is 3.42. The number of aryl methyl sites for hydroxylation is 3. The van der Waals surface area contributed by atoms with E-state index in [1.54, 1.807) is 11.6 Å². The molecule has 3 aromatic rings. The molecule has 0 N–H and O–H groups in total. The van der Waals surface area contributed by atoms with Crippen molar-refractivity contribution in [1.29, 1.82) is 0 Å². The van der Waals surface area contributed by atoms with E-state index in [9.17, 15) is 9.59 Å². The largest absolute Gasteiger partial charge is 0.457 e. The van der Waals surface area contributed by atoms with E-state index in [0.29, 0.717) is 29.3 Å². The quantitative estimate of drug-likeness (QED) is 0.461. The highest BCUT2D eigenvalue weighted by atomic mass is 35.5. The van der Waals surface area contributed by atoms with Crippen LogP contribution in [0.5, 0.6) is 0 Å². The first-order chi connectivity index (χ1) is 13.2. The van der Waals surface area contributed by atoms with Crippen LogP contribution in [0.15, 0.2) is 27.4 Å². The second-order valence-corrected chi connectivity index (χ2v) is 7.78. The van der Waals surface area contributed by atoms with Gasteiger partial charge in [0.25, 0.3) is 0 Å². The highest BCUT2D eigenvalue weighted by molar-refractivity contribution is 6.32. The van der Waals surface area contributed by atoms with Crippen molar-refractivity contribution in [2.75, 3.05) is 0 Å². The van der Waals surface area contributed by atoms with Gasteiger partial charge in [0.1, 0.15) is 22.9 Å². The van der Waals surface area contributed by atoms with Crippen molar-refractivity contribution in [2.24, 2.45) is 5.92 Å². The lowest BCUT2D eigenvalue weighted by Crippen LogP contribution is -2.10. The summed E-state index contributed by atoms with van der Waals surface area (Å²) in [6.45, 7) is 10.3. The van der Waals surface area contributed by atoms with Gasteiger partial charge in [-0.1, -0.05) is 25.4 Å². The molecule has 0 radical (unpaired) electrons. The van der Waals surface area contributed by atoms with Crippen molar-refractivity contribution in [3.63, 3.8) is 0 Å². The van der Waals surface area contributed by atoms with Crippen LogP contribution in [0.3, 0.4) is 0 Å². The molecule has 1 aromatic carbocycles. The highest BCUT2D eigenvalue weighted by Gasteiger charge is 2.22. The molecule has 0 aliphatic heterocycles. The summed E-state index contributed by atoms with van der Waals surface area (Å²) >= 11 is 6.34. The van der Waals surface area contributed by atoms with Crippen LogP contribution in [-0.2, 0) is 17.9 Å². The Bertz CT molecular complexity index is 1110. The van der Waals surface area contributed by atoms with Crippen molar-refractivity contribution >= 4 is 28.5 Å². The molecule has 6 nitrogen and oxygen atoms in total. The number of hydrogen-bond donors (Lipinski definition) is 0. The number of ether oxygens (including phenoxy) is 1. The van der Waals surface area contributed by atoms with Crippen LogP contribution in [-0.4, -0.2) is 15.7 Å². The van der Waals surface area contributed by atoms with E-state index in [1.165, 1.54) is 6.07 Å². The van der Waals surface area contributed by atoms with Crippen LogP contribution in [0.2, 0.25) is 5.15 Å². The Hall–Kier alpha value is -2.60. The zero-order valence-electron chi connectivity index (χ0n) is 16.6. The van der Waals surface area contributed by atoms with Gasteiger partial charge in [0, 0.05) is 23.6 Å². The van der Waals surface area contributed by atoms with Crippen molar-refractivity contribution in [2.45, 2.75) is 47.8 Å². The van der Waals surface area contributed by atoms with Crippen LogP contribution in [0.1, 0.15) is 46.6 Å². The van der Waals surface area contributed by atoms with Crippen LogP contribution < -0.4 is 5.63 Å². The van der Waals surface area contributed by atoms with Crippen LogP contribution in [0.4, 0.5) is 0 Å². The number of hydrogen-bond acceptors (Lipinski definition) is 5. The molecular weight excluding hydrogens is 380 g/mol. The summed E-state index contributed by atoms with van der Waals surface area (Å²) in [6.07, 6.45) is 0. The number of carbonyl (C=O) groups excluding carboxylic acids is 1. The number of esters is 1. The lowest BCUT2D eigenvalue weighted by molar-refractivity contribution is 0.0473. The minimum Gasteiger partial charge on any atom is -0.457 e. The molecule has 0 amide bonds. The Labute approximate surface area is 168 Å². The van der Waals surface area contributed by atoms with Gasteiger partial charge in [-0.25, -0.2) is 9.59 Å². The molecule has 2 aromatic heterocycles. The van der Waals surface area contributed by atoms with Gasteiger partial charge in [0.05, 0.1) is 5.69 Å². The molecule has 0 spiro atoms. The number of halogens is 1. The molecular formula is C21H23ClN2O4. The predicted molar refractivity (Wildman–Crippen MR) is 108 cm³/mol. The highest BCUT2D eigenvalue weighted by Crippen LogP contribution is 2.25. The first-order valence-electron chi connectivity index (χ1n) is 9.11. The number of rotatable bonds is 5. The summed E-state index contributed by atoms with van der Waals surface area (Å²) in [6, 6.07) is 5.09. The second kappa shape index (κ2) is 7.80. The molecule has 0 bridgehead atoms. The van der Waals surface area contributed by atoms with Gasteiger partial charge < -0.3 is 9.15 Å². The van der Waals surface area contributed by atoms with Gasteiger partial charge in [-0.2, -0.15) is 5.10 Å².